The predicted molar refractivity (Wildman–Crippen MR) is 126 cm³/mol. The molecule has 1 aromatic carbocycles. The average Bonchev–Trinajstić information content (AvgIpc) is 3.41. The lowest BCUT2D eigenvalue weighted by atomic mass is 9.95. The van der Waals surface area contributed by atoms with Gasteiger partial charge in [-0.3, -0.25) is 4.79 Å². The van der Waals surface area contributed by atoms with E-state index in [0.717, 1.165) is 33.7 Å². The van der Waals surface area contributed by atoms with E-state index >= 15 is 0 Å². The maximum atomic E-state index is 13.2. The number of hydrogen-bond acceptors (Lipinski definition) is 5. The summed E-state index contributed by atoms with van der Waals surface area (Å²) >= 11 is 1.40. The highest BCUT2D eigenvalue weighted by Crippen LogP contribution is 2.41. The van der Waals surface area contributed by atoms with E-state index in [1.807, 2.05) is 32.9 Å². The van der Waals surface area contributed by atoms with Crippen molar-refractivity contribution in [2.45, 2.75) is 33.0 Å². The van der Waals surface area contributed by atoms with Crippen LogP contribution in [-0.2, 0) is 6.18 Å². The molecule has 0 aliphatic rings. The minimum absolute atomic E-state index is 0.161. The molecule has 0 radical (unpaired) electrons. The van der Waals surface area contributed by atoms with Gasteiger partial charge in [-0.25, -0.2) is 4.98 Å². The summed E-state index contributed by atoms with van der Waals surface area (Å²) in [5.41, 5.74) is 2.53. The van der Waals surface area contributed by atoms with Crippen LogP contribution in [0.5, 0.6) is 0 Å². The Bertz CT molecular complexity index is 1300. The van der Waals surface area contributed by atoms with E-state index in [9.17, 15) is 18.0 Å². The van der Waals surface area contributed by atoms with Crippen molar-refractivity contribution in [3.05, 3.63) is 99.4 Å². The van der Waals surface area contributed by atoms with Gasteiger partial charge in [0.2, 0.25) is 0 Å². The van der Waals surface area contributed by atoms with E-state index in [1.165, 1.54) is 29.7 Å². The molecule has 0 saturated carbocycles. The van der Waals surface area contributed by atoms with E-state index in [0.29, 0.717) is 16.4 Å². The van der Waals surface area contributed by atoms with Gasteiger partial charge in [-0.1, -0.05) is 12.1 Å². The first-order chi connectivity index (χ1) is 16.1. The summed E-state index contributed by atoms with van der Waals surface area (Å²) < 4.78 is 44.7. The van der Waals surface area contributed by atoms with Gasteiger partial charge in [-0.05, 0) is 73.9 Å². The fourth-order valence-corrected chi connectivity index (χ4v) is 4.70. The molecule has 34 heavy (non-hydrogen) atoms. The van der Waals surface area contributed by atoms with Gasteiger partial charge in [0, 0.05) is 16.6 Å². The number of alkyl halides is 3. The molecule has 9 heteroatoms. The number of pyridine rings is 1. The lowest BCUT2D eigenvalue weighted by Crippen LogP contribution is -2.18. The number of halogens is 3. The molecular formula is C25H22F3N3O2S. The SMILES string of the molecule is Cc1ccnc(NC(c2ccc(C(F)(F)F)cc2)c2c(NC(=O)c3ccco3)sc(C)c2C)c1. The minimum Gasteiger partial charge on any atom is -0.459 e. The van der Waals surface area contributed by atoms with E-state index in [4.69, 9.17) is 4.42 Å². The summed E-state index contributed by atoms with van der Waals surface area (Å²) in [6.07, 6.45) is -1.36. The maximum absolute atomic E-state index is 13.2. The molecule has 2 N–H and O–H groups in total. The predicted octanol–water partition coefficient (Wildman–Crippen LogP) is 7.13. The lowest BCUT2D eigenvalue weighted by molar-refractivity contribution is -0.137. The standard InChI is InChI=1S/C25H22F3N3O2S/c1-14-10-11-29-20(13-14)30-22(17-6-8-18(9-7-17)25(26,27)28)21-15(2)16(3)34-24(21)31-23(32)19-5-4-12-33-19/h4-13,22H,1-3H3,(H,29,30)(H,31,32). The van der Waals surface area contributed by atoms with Crippen LogP contribution in [0.4, 0.5) is 24.0 Å². The van der Waals surface area contributed by atoms with E-state index in [-0.39, 0.29) is 5.76 Å². The van der Waals surface area contributed by atoms with Crippen molar-refractivity contribution in [1.82, 2.24) is 4.98 Å². The van der Waals surface area contributed by atoms with Crippen molar-refractivity contribution in [2.75, 3.05) is 10.6 Å². The summed E-state index contributed by atoms with van der Waals surface area (Å²) in [4.78, 5) is 18.0. The third-order valence-electron chi connectivity index (χ3n) is 5.47. The number of anilines is 2. The quantitative estimate of drug-likeness (QED) is 0.305. The molecule has 0 aliphatic heterocycles. The van der Waals surface area contributed by atoms with Crippen LogP contribution in [0.3, 0.4) is 0 Å². The smallest absolute Gasteiger partial charge is 0.416 e. The van der Waals surface area contributed by atoms with Gasteiger partial charge in [-0.15, -0.1) is 11.3 Å². The Morgan fingerprint density at radius 3 is 2.44 bits per heavy atom. The van der Waals surface area contributed by atoms with Gasteiger partial charge in [-0.2, -0.15) is 13.2 Å². The highest BCUT2D eigenvalue weighted by molar-refractivity contribution is 7.16. The first-order valence-corrected chi connectivity index (χ1v) is 11.3. The molecule has 3 heterocycles. The zero-order chi connectivity index (χ0) is 24.5. The second-order valence-electron chi connectivity index (χ2n) is 7.87. The summed E-state index contributed by atoms with van der Waals surface area (Å²) in [7, 11) is 0. The third kappa shape index (κ3) is 4.99. The summed E-state index contributed by atoms with van der Waals surface area (Å²) in [6.45, 7) is 5.78. The van der Waals surface area contributed by atoms with Gasteiger partial charge in [0.05, 0.1) is 17.9 Å². The van der Waals surface area contributed by atoms with Crippen LogP contribution in [0, 0.1) is 20.8 Å². The van der Waals surface area contributed by atoms with Gasteiger partial charge in [0.15, 0.2) is 5.76 Å². The zero-order valence-electron chi connectivity index (χ0n) is 18.7. The van der Waals surface area contributed by atoms with E-state index in [2.05, 4.69) is 15.6 Å². The molecule has 1 unspecified atom stereocenters. The van der Waals surface area contributed by atoms with Crippen LogP contribution in [0.25, 0.3) is 0 Å². The topological polar surface area (TPSA) is 67.2 Å². The summed E-state index contributed by atoms with van der Waals surface area (Å²) in [5.74, 6) is 0.317. The molecule has 3 aromatic heterocycles. The van der Waals surface area contributed by atoms with Crippen LogP contribution in [0.1, 0.15) is 49.3 Å². The molecule has 4 rings (SSSR count). The van der Waals surface area contributed by atoms with Gasteiger partial charge in [0.25, 0.3) is 5.91 Å². The monoisotopic (exact) mass is 485 g/mol. The lowest BCUT2D eigenvalue weighted by Gasteiger charge is -2.23. The Kier molecular flexibility index (Phi) is 6.47. The van der Waals surface area contributed by atoms with Crippen LogP contribution in [0.2, 0.25) is 0 Å². The second kappa shape index (κ2) is 9.34. The molecule has 0 saturated heterocycles. The van der Waals surface area contributed by atoms with Crippen molar-refractivity contribution < 1.29 is 22.4 Å². The molecule has 5 nitrogen and oxygen atoms in total. The zero-order valence-corrected chi connectivity index (χ0v) is 19.5. The number of thiophene rings is 1. The number of rotatable bonds is 6. The third-order valence-corrected chi connectivity index (χ3v) is 6.61. The number of nitrogens with one attached hydrogen (secondary N) is 2. The molecule has 4 aromatic rings. The molecule has 0 fully saturated rings. The molecule has 0 spiro atoms. The Hall–Kier alpha value is -3.59. The number of nitrogens with zero attached hydrogens (tertiary/aromatic N) is 1. The van der Waals surface area contributed by atoms with E-state index in [1.54, 1.807) is 18.3 Å². The number of aryl methyl sites for hydroxylation is 2. The molecule has 1 atom stereocenters. The van der Waals surface area contributed by atoms with Crippen LogP contribution in [-0.4, -0.2) is 10.9 Å². The Morgan fingerprint density at radius 2 is 1.82 bits per heavy atom. The van der Waals surface area contributed by atoms with Gasteiger partial charge < -0.3 is 15.1 Å². The van der Waals surface area contributed by atoms with Crippen molar-refractivity contribution in [2.24, 2.45) is 0 Å². The fourth-order valence-electron chi connectivity index (χ4n) is 3.61. The number of furan rings is 1. The fraction of sp³-hybridized carbons (Fsp3) is 0.200. The second-order valence-corrected chi connectivity index (χ2v) is 9.10. The normalized spacial score (nSPS) is 12.4. The Labute approximate surface area is 198 Å². The molecule has 1 amide bonds. The molecular weight excluding hydrogens is 463 g/mol. The number of amides is 1. The van der Waals surface area contributed by atoms with Gasteiger partial charge >= 0.3 is 6.18 Å². The van der Waals surface area contributed by atoms with E-state index < -0.39 is 23.7 Å². The van der Waals surface area contributed by atoms with Crippen LogP contribution >= 0.6 is 11.3 Å². The van der Waals surface area contributed by atoms with Crippen LogP contribution < -0.4 is 10.6 Å². The van der Waals surface area contributed by atoms with Gasteiger partial charge in [0.1, 0.15) is 10.8 Å². The Morgan fingerprint density at radius 1 is 1.09 bits per heavy atom. The molecule has 0 bridgehead atoms. The maximum Gasteiger partial charge on any atom is 0.416 e. The number of aromatic nitrogens is 1. The first-order valence-electron chi connectivity index (χ1n) is 10.4. The molecule has 0 aliphatic carbocycles. The first kappa shape index (κ1) is 23.6. The summed E-state index contributed by atoms with van der Waals surface area (Å²) in [5, 5.41) is 6.84. The number of benzene rings is 1. The highest BCUT2D eigenvalue weighted by Gasteiger charge is 2.31. The van der Waals surface area contributed by atoms with Crippen molar-refractivity contribution in [1.29, 1.82) is 0 Å². The van der Waals surface area contributed by atoms with Crippen LogP contribution in [0.15, 0.2) is 65.4 Å². The number of carbonyl (C=O) groups is 1. The van der Waals surface area contributed by atoms with Crippen molar-refractivity contribution in [3.8, 4) is 0 Å². The number of hydrogen-bond donors (Lipinski definition) is 2. The minimum atomic E-state index is -4.43. The largest absolute Gasteiger partial charge is 0.459 e. The van der Waals surface area contributed by atoms with Crippen molar-refractivity contribution in [3.63, 3.8) is 0 Å². The highest BCUT2D eigenvalue weighted by atomic mass is 32.1. The average molecular weight is 486 g/mol. The molecule has 176 valence electrons. The Balaban J connectivity index is 1.79. The number of carbonyl (C=O) groups excluding carboxylic acids is 1. The summed E-state index contributed by atoms with van der Waals surface area (Å²) in [6, 6.07) is 11.3. The van der Waals surface area contributed by atoms with Crippen molar-refractivity contribution >= 4 is 28.1 Å².